The second kappa shape index (κ2) is 5.81. The van der Waals surface area contributed by atoms with Crippen LogP contribution in [0.1, 0.15) is 44.9 Å². The van der Waals surface area contributed by atoms with Crippen molar-refractivity contribution in [2.75, 3.05) is 0 Å². The summed E-state index contributed by atoms with van der Waals surface area (Å²) in [6.45, 7) is 0. The molecule has 0 aromatic carbocycles. The lowest BCUT2D eigenvalue weighted by Gasteiger charge is -2.04. The zero-order valence-corrected chi connectivity index (χ0v) is 7.50. The van der Waals surface area contributed by atoms with Crippen LogP contribution in [0.25, 0.3) is 0 Å². The van der Waals surface area contributed by atoms with Crippen molar-refractivity contribution in [3.8, 4) is 0 Å². The molecular weight excluding hydrogens is 150 g/mol. The van der Waals surface area contributed by atoms with Gasteiger partial charge in [0, 0.05) is 0 Å². The van der Waals surface area contributed by atoms with Crippen LogP contribution in [0, 0.1) is 0 Å². The van der Waals surface area contributed by atoms with Crippen LogP contribution in [0.15, 0.2) is 17.3 Å². The number of hydrogen-bond donors (Lipinski definition) is 1. The summed E-state index contributed by atoms with van der Waals surface area (Å²) in [5.41, 5.74) is 0.977. The van der Waals surface area contributed by atoms with Gasteiger partial charge in [-0.2, -0.15) is 0 Å². The molecule has 0 amide bonds. The molecule has 0 saturated heterocycles. The Morgan fingerprint density at radius 2 is 1.67 bits per heavy atom. The SMILES string of the molecule is O/N=C1\CCC/C=C/CCCC1. The number of allylic oxidation sites excluding steroid dienone is 2. The van der Waals surface area contributed by atoms with Crippen molar-refractivity contribution in [3.63, 3.8) is 0 Å². The molecule has 2 heteroatoms. The zero-order valence-electron chi connectivity index (χ0n) is 7.50. The van der Waals surface area contributed by atoms with Gasteiger partial charge in [-0.25, -0.2) is 0 Å². The van der Waals surface area contributed by atoms with Gasteiger partial charge < -0.3 is 5.21 Å². The molecular formula is C10H17NO. The van der Waals surface area contributed by atoms with Crippen LogP contribution in [0.4, 0.5) is 0 Å². The first kappa shape index (κ1) is 9.30. The summed E-state index contributed by atoms with van der Waals surface area (Å²) in [5, 5.41) is 12.0. The molecule has 0 heterocycles. The first-order valence-electron chi connectivity index (χ1n) is 4.78. The minimum absolute atomic E-state index is 0.959. The molecule has 12 heavy (non-hydrogen) atoms. The summed E-state index contributed by atoms with van der Waals surface area (Å²) in [4.78, 5) is 0. The molecule has 1 rings (SSSR count). The standard InChI is InChI=1S/C10H17NO/c12-11-10-8-6-4-2-1-3-5-7-9-10/h1-2,12H,3-9H2/b2-1+,11-10+. The van der Waals surface area contributed by atoms with Crippen LogP contribution in [0.5, 0.6) is 0 Å². The van der Waals surface area contributed by atoms with E-state index in [1.165, 1.54) is 12.8 Å². The maximum absolute atomic E-state index is 8.64. The van der Waals surface area contributed by atoms with E-state index in [9.17, 15) is 0 Å². The summed E-state index contributed by atoms with van der Waals surface area (Å²) in [7, 11) is 0. The molecule has 1 aliphatic rings. The Labute approximate surface area is 74.0 Å². The van der Waals surface area contributed by atoms with Gasteiger partial charge >= 0.3 is 0 Å². The van der Waals surface area contributed by atoms with Crippen molar-refractivity contribution >= 4 is 5.71 Å². The first-order chi connectivity index (χ1) is 5.93. The highest BCUT2D eigenvalue weighted by Gasteiger charge is 2.00. The fourth-order valence-corrected chi connectivity index (χ4v) is 1.48. The van der Waals surface area contributed by atoms with E-state index in [-0.39, 0.29) is 0 Å². The van der Waals surface area contributed by atoms with Crippen molar-refractivity contribution in [2.45, 2.75) is 44.9 Å². The van der Waals surface area contributed by atoms with Crippen LogP contribution >= 0.6 is 0 Å². The summed E-state index contributed by atoms with van der Waals surface area (Å²) in [5.74, 6) is 0. The van der Waals surface area contributed by atoms with E-state index in [0.29, 0.717) is 0 Å². The largest absolute Gasteiger partial charge is 0.411 e. The van der Waals surface area contributed by atoms with E-state index in [2.05, 4.69) is 17.3 Å². The van der Waals surface area contributed by atoms with Crippen molar-refractivity contribution in [1.29, 1.82) is 0 Å². The van der Waals surface area contributed by atoms with Crippen LogP contribution in [0.2, 0.25) is 0 Å². The molecule has 0 atom stereocenters. The van der Waals surface area contributed by atoms with Crippen molar-refractivity contribution in [3.05, 3.63) is 12.2 Å². The Morgan fingerprint density at radius 1 is 1.00 bits per heavy atom. The molecule has 0 aromatic heterocycles. The third kappa shape index (κ3) is 3.56. The van der Waals surface area contributed by atoms with Crippen molar-refractivity contribution < 1.29 is 5.21 Å². The minimum atomic E-state index is 0.959. The van der Waals surface area contributed by atoms with Gasteiger partial charge in [0.05, 0.1) is 5.71 Å². The van der Waals surface area contributed by atoms with E-state index in [1.54, 1.807) is 0 Å². The number of hydrogen-bond acceptors (Lipinski definition) is 2. The molecule has 0 spiro atoms. The molecule has 0 saturated carbocycles. The van der Waals surface area contributed by atoms with Crippen LogP contribution in [-0.4, -0.2) is 10.9 Å². The highest BCUT2D eigenvalue weighted by molar-refractivity contribution is 5.83. The number of oxime groups is 1. The summed E-state index contributed by atoms with van der Waals surface area (Å²) >= 11 is 0. The van der Waals surface area contributed by atoms with Gasteiger partial charge in [0.2, 0.25) is 0 Å². The van der Waals surface area contributed by atoms with Gasteiger partial charge in [-0.1, -0.05) is 17.3 Å². The van der Waals surface area contributed by atoms with Crippen molar-refractivity contribution in [1.82, 2.24) is 0 Å². The highest BCUT2D eigenvalue weighted by Crippen LogP contribution is 2.10. The quantitative estimate of drug-likeness (QED) is 0.335. The fourth-order valence-electron chi connectivity index (χ4n) is 1.48. The smallest absolute Gasteiger partial charge is 0.0571 e. The Bertz CT molecular complexity index is 173. The minimum Gasteiger partial charge on any atom is -0.411 e. The van der Waals surface area contributed by atoms with Crippen molar-refractivity contribution in [2.24, 2.45) is 5.16 Å². The molecule has 1 aliphatic carbocycles. The Morgan fingerprint density at radius 3 is 2.42 bits per heavy atom. The van der Waals surface area contributed by atoms with Crippen LogP contribution in [0.3, 0.4) is 0 Å². The van der Waals surface area contributed by atoms with E-state index in [0.717, 1.165) is 37.8 Å². The molecule has 1 N–H and O–H groups in total. The van der Waals surface area contributed by atoms with Crippen LogP contribution < -0.4 is 0 Å². The van der Waals surface area contributed by atoms with Gasteiger partial charge in [-0.05, 0) is 44.9 Å². The van der Waals surface area contributed by atoms with Crippen LogP contribution in [-0.2, 0) is 0 Å². The molecule has 0 aliphatic heterocycles. The highest BCUT2D eigenvalue weighted by atomic mass is 16.4. The summed E-state index contributed by atoms with van der Waals surface area (Å²) in [6.07, 6.45) is 12.2. The van der Waals surface area contributed by atoms with Gasteiger partial charge in [-0.15, -0.1) is 0 Å². The van der Waals surface area contributed by atoms with E-state index < -0.39 is 0 Å². The Kier molecular flexibility index (Phi) is 4.50. The fraction of sp³-hybridized carbons (Fsp3) is 0.700. The monoisotopic (exact) mass is 167 g/mol. The molecule has 0 unspecified atom stereocenters. The lowest BCUT2D eigenvalue weighted by atomic mass is 10.0. The van der Waals surface area contributed by atoms with Gasteiger partial charge in [0.25, 0.3) is 0 Å². The number of rotatable bonds is 0. The van der Waals surface area contributed by atoms with E-state index in [4.69, 9.17) is 5.21 Å². The second-order valence-electron chi connectivity index (χ2n) is 3.28. The third-order valence-corrected chi connectivity index (χ3v) is 2.23. The van der Waals surface area contributed by atoms with Gasteiger partial charge in [0.1, 0.15) is 0 Å². The van der Waals surface area contributed by atoms with Gasteiger partial charge in [-0.3, -0.25) is 0 Å². The maximum atomic E-state index is 8.64. The lowest BCUT2D eigenvalue weighted by Crippen LogP contribution is -1.99. The zero-order chi connectivity index (χ0) is 8.65. The second-order valence-corrected chi connectivity index (χ2v) is 3.28. The predicted molar refractivity (Wildman–Crippen MR) is 50.7 cm³/mol. The predicted octanol–water partition coefficient (Wildman–Crippen LogP) is 3.12. The van der Waals surface area contributed by atoms with Gasteiger partial charge in [0.15, 0.2) is 0 Å². The molecule has 0 fully saturated rings. The molecule has 0 aromatic rings. The third-order valence-electron chi connectivity index (χ3n) is 2.23. The summed E-state index contributed by atoms with van der Waals surface area (Å²) in [6, 6.07) is 0. The normalized spacial score (nSPS) is 26.8. The molecule has 0 bridgehead atoms. The van der Waals surface area contributed by atoms with E-state index in [1.807, 2.05) is 0 Å². The summed E-state index contributed by atoms with van der Waals surface area (Å²) < 4.78 is 0. The lowest BCUT2D eigenvalue weighted by molar-refractivity contribution is 0.315. The first-order valence-corrected chi connectivity index (χ1v) is 4.78. The average molecular weight is 167 g/mol. The number of nitrogens with zero attached hydrogens (tertiary/aromatic N) is 1. The molecule has 68 valence electrons. The molecule has 2 nitrogen and oxygen atoms in total. The average Bonchev–Trinajstić information content (AvgIpc) is 2.14. The van der Waals surface area contributed by atoms with E-state index >= 15 is 0 Å². The Balaban J connectivity index is 2.37. The maximum Gasteiger partial charge on any atom is 0.0571 e. The molecule has 0 radical (unpaired) electrons. The Hall–Kier alpha value is -0.790. The topological polar surface area (TPSA) is 32.6 Å².